The second-order valence-electron chi connectivity index (χ2n) is 4.78. The van der Waals surface area contributed by atoms with Crippen LogP contribution in [0.4, 0.5) is 0 Å². The maximum absolute atomic E-state index is 3.73. The first-order valence-electron chi connectivity index (χ1n) is 6.77. The van der Waals surface area contributed by atoms with Crippen LogP contribution in [0.15, 0.2) is 53.0 Å². The molecule has 2 aromatic carbocycles. The van der Waals surface area contributed by atoms with Crippen LogP contribution in [0.1, 0.15) is 36.1 Å². The number of hydrogen-bond donors (Lipinski definition) is 1. The Hall–Kier alpha value is -1.12. The fourth-order valence-electron chi connectivity index (χ4n) is 2.23. The minimum Gasteiger partial charge on any atom is -0.306 e. The molecule has 1 nitrogen and oxygen atoms in total. The summed E-state index contributed by atoms with van der Waals surface area (Å²) in [5, 5.41) is 3.64. The third-order valence-electron chi connectivity index (χ3n) is 3.26. The van der Waals surface area contributed by atoms with Gasteiger partial charge in [0.15, 0.2) is 0 Å². The highest BCUT2D eigenvalue weighted by Gasteiger charge is 2.16. The van der Waals surface area contributed by atoms with Crippen molar-refractivity contribution in [1.29, 1.82) is 0 Å². The van der Waals surface area contributed by atoms with Crippen LogP contribution in [0.25, 0.3) is 0 Å². The van der Waals surface area contributed by atoms with Gasteiger partial charge in [-0.2, -0.15) is 0 Å². The Morgan fingerprint density at radius 2 is 1.79 bits per heavy atom. The van der Waals surface area contributed by atoms with E-state index in [1.54, 1.807) is 0 Å². The van der Waals surface area contributed by atoms with Crippen LogP contribution in [0.5, 0.6) is 0 Å². The van der Waals surface area contributed by atoms with E-state index in [2.05, 4.69) is 83.6 Å². The number of aryl methyl sites for hydroxylation is 1. The lowest BCUT2D eigenvalue weighted by Gasteiger charge is -2.21. The average Bonchev–Trinajstić information content (AvgIpc) is 2.45. The lowest BCUT2D eigenvalue weighted by Crippen LogP contribution is -2.23. The Bertz CT molecular complexity index is 522. The molecule has 2 aromatic rings. The molecule has 2 heteroatoms. The summed E-state index contributed by atoms with van der Waals surface area (Å²) in [5.74, 6) is 0. The summed E-state index contributed by atoms with van der Waals surface area (Å²) in [4.78, 5) is 0. The van der Waals surface area contributed by atoms with Crippen molar-refractivity contribution < 1.29 is 0 Å². The second-order valence-corrected chi connectivity index (χ2v) is 5.57. The van der Waals surface area contributed by atoms with E-state index in [1.807, 2.05) is 0 Å². The molecule has 2 rings (SSSR count). The van der Waals surface area contributed by atoms with Gasteiger partial charge in [-0.3, -0.25) is 0 Å². The van der Waals surface area contributed by atoms with Crippen molar-refractivity contribution in [2.45, 2.75) is 26.3 Å². The molecule has 1 atom stereocenters. The zero-order chi connectivity index (χ0) is 13.7. The van der Waals surface area contributed by atoms with E-state index in [0.29, 0.717) is 0 Å². The van der Waals surface area contributed by atoms with E-state index in [0.717, 1.165) is 13.0 Å². The van der Waals surface area contributed by atoms with Crippen LogP contribution in [0, 0.1) is 6.92 Å². The number of benzene rings is 2. The summed E-state index contributed by atoms with van der Waals surface area (Å²) in [5.41, 5.74) is 3.89. The van der Waals surface area contributed by atoms with Gasteiger partial charge in [-0.25, -0.2) is 0 Å². The SMILES string of the molecule is CCCNC(c1ccccc1)c1cccc(C)c1Br. The third kappa shape index (κ3) is 3.46. The summed E-state index contributed by atoms with van der Waals surface area (Å²) in [6.07, 6.45) is 1.13. The van der Waals surface area contributed by atoms with E-state index in [1.165, 1.54) is 21.2 Å². The number of halogens is 1. The van der Waals surface area contributed by atoms with Crippen molar-refractivity contribution in [3.8, 4) is 0 Å². The van der Waals surface area contributed by atoms with Crippen LogP contribution in [-0.2, 0) is 0 Å². The Balaban J connectivity index is 2.40. The van der Waals surface area contributed by atoms with Crippen LogP contribution in [-0.4, -0.2) is 6.54 Å². The van der Waals surface area contributed by atoms with E-state index < -0.39 is 0 Å². The van der Waals surface area contributed by atoms with Crippen LogP contribution in [0.2, 0.25) is 0 Å². The molecule has 0 saturated heterocycles. The highest BCUT2D eigenvalue weighted by atomic mass is 79.9. The second kappa shape index (κ2) is 6.88. The molecule has 0 aromatic heterocycles. The van der Waals surface area contributed by atoms with Gasteiger partial charge >= 0.3 is 0 Å². The largest absolute Gasteiger partial charge is 0.306 e. The van der Waals surface area contributed by atoms with E-state index in [9.17, 15) is 0 Å². The highest BCUT2D eigenvalue weighted by molar-refractivity contribution is 9.10. The molecule has 0 radical (unpaired) electrons. The number of nitrogens with one attached hydrogen (secondary N) is 1. The lowest BCUT2D eigenvalue weighted by molar-refractivity contribution is 0.596. The molecule has 1 unspecified atom stereocenters. The molecule has 1 N–H and O–H groups in total. The van der Waals surface area contributed by atoms with Crippen molar-refractivity contribution >= 4 is 15.9 Å². The molecule has 0 bridgehead atoms. The monoisotopic (exact) mass is 317 g/mol. The van der Waals surface area contributed by atoms with Crippen LogP contribution < -0.4 is 5.32 Å². The summed E-state index contributed by atoms with van der Waals surface area (Å²) in [7, 11) is 0. The summed E-state index contributed by atoms with van der Waals surface area (Å²) in [6.45, 7) is 5.34. The van der Waals surface area contributed by atoms with Crippen LogP contribution in [0.3, 0.4) is 0 Å². The predicted molar refractivity (Wildman–Crippen MR) is 85.5 cm³/mol. The summed E-state index contributed by atoms with van der Waals surface area (Å²) >= 11 is 3.73. The maximum Gasteiger partial charge on any atom is 0.0587 e. The predicted octanol–water partition coefficient (Wildman–Crippen LogP) is 4.85. The molecule has 0 heterocycles. The fourth-order valence-corrected chi connectivity index (χ4v) is 2.73. The first-order chi connectivity index (χ1) is 9.24. The Morgan fingerprint density at radius 3 is 2.47 bits per heavy atom. The van der Waals surface area contributed by atoms with Gasteiger partial charge < -0.3 is 5.32 Å². The molecular weight excluding hydrogens is 298 g/mol. The first kappa shape index (κ1) is 14.3. The van der Waals surface area contributed by atoms with Gasteiger partial charge in [0.05, 0.1) is 6.04 Å². The Morgan fingerprint density at radius 1 is 1.05 bits per heavy atom. The van der Waals surface area contributed by atoms with Crippen molar-refractivity contribution in [2.75, 3.05) is 6.54 Å². The molecule has 0 aliphatic heterocycles. The standard InChI is InChI=1S/C17H20BrN/c1-3-12-19-17(14-9-5-4-6-10-14)15-11-7-8-13(2)16(15)18/h4-11,17,19H,3,12H2,1-2H3. The minimum atomic E-state index is 0.246. The van der Waals surface area contributed by atoms with Gasteiger partial charge in [0.1, 0.15) is 0 Å². The van der Waals surface area contributed by atoms with E-state index in [4.69, 9.17) is 0 Å². The number of hydrogen-bond acceptors (Lipinski definition) is 1. The fraction of sp³-hybridized carbons (Fsp3) is 0.294. The van der Waals surface area contributed by atoms with E-state index >= 15 is 0 Å². The molecule has 0 aliphatic rings. The molecule has 0 saturated carbocycles. The van der Waals surface area contributed by atoms with Gasteiger partial charge in [-0.1, -0.05) is 71.4 Å². The molecular formula is C17H20BrN. The molecule has 19 heavy (non-hydrogen) atoms. The Labute approximate surface area is 124 Å². The smallest absolute Gasteiger partial charge is 0.0587 e. The van der Waals surface area contributed by atoms with Crippen molar-refractivity contribution in [3.63, 3.8) is 0 Å². The minimum absolute atomic E-state index is 0.246. The van der Waals surface area contributed by atoms with Crippen molar-refractivity contribution in [1.82, 2.24) is 5.32 Å². The number of rotatable bonds is 5. The molecule has 0 amide bonds. The van der Waals surface area contributed by atoms with Crippen molar-refractivity contribution in [2.24, 2.45) is 0 Å². The molecule has 0 aliphatic carbocycles. The van der Waals surface area contributed by atoms with Gasteiger partial charge in [-0.15, -0.1) is 0 Å². The maximum atomic E-state index is 3.73. The van der Waals surface area contributed by atoms with Crippen molar-refractivity contribution in [3.05, 3.63) is 69.7 Å². The van der Waals surface area contributed by atoms with Crippen LogP contribution >= 0.6 is 15.9 Å². The third-order valence-corrected chi connectivity index (χ3v) is 4.35. The average molecular weight is 318 g/mol. The van der Waals surface area contributed by atoms with Gasteiger partial charge in [0, 0.05) is 4.47 Å². The van der Waals surface area contributed by atoms with Gasteiger partial charge in [-0.05, 0) is 36.6 Å². The zero-order valence-electron chi connectivity index (χ0n) is 11.5. The van der Waals surface area contributed by atoms with Gasteiger partial charge in [0.25, 0.3) is 0 Å². The lowest BCUT2D eigenvalue weighted by atomic mass is 9.97. The first-order valence-corrected chi connectivity index (χ1v) is 7.56. The topological polar surface area (TPSA) is 12.0 Å². The summed E-state index contributed by atoms with van der Waals surface area (Å²) in [6, 6.07) is 17.3. The molecule has 0 fully saturated rings. The summed E-state index contributed by atoms with van der Waals surface area (Å²) < 4.78 is 1.20. The molecule has 100 valence electrons. The van der Waals surface area contributed by atoms with E-state index in [-0.39, 0.29) is 6.04 Å². The Kier molecular flexibility index (Phi) is 5.17. The normalized spacial score (nSPS) is 12.4. The van der Waals surface area contributed by atoms with Gasteiger partial charge in [0.2, 0.25) is 0 Å². The highest BCUT2D eigenvalue weighted by Crippen LogP contribution is 2.30. The zero-order valence-corrected chi connectivity index (χ0v) is 13.1. The quantitative estimate of drug-likeness (QED) is 0.831. The molecule has 0 spiro atoms.